The Labute approximate surface area is 199 Å². The fourth-order valence-corrected chi connectivity index (χ4v) is 5.25. The van der Waals surface area contributed by atoms with Crippen molar-refractivity contribution in [3.05, 3.63) is 76.8 Å². The van der Waals surface area contributed by atoms with Gasteiger partial charge in [-0.1, -0.05) is 32.0 Å². The number of primary sulfonamides is 1. The number of hydrogen-bond acceptors (Lipinski definition) is 7. The predicted molar refractivity (Wildman–Crippen MR) is 128 cm³/mol. The molecule has 0 aromatic heterocycles. The van der Waals surface area contributed by atoms with E-state index in [1.807, 2.05) is 26.0 Å². The van der Waals surface area contributed by atoms with Crippen LogP contribution in [0.5, 0.6) is 5.75 Å². The second-order valence-electron chi connectivity index (χ2n) is 9.30. The molecule has 9 heteroatoms. The number of Topliss-reactive ketones (excluding diaryl/α,β-unsaturated/α-hetero) is 1. The standard InChI is InChI=1S/C25H26N4O4S/c1-25(2)12-20-23(21(30)13-25)22(15-7-9-18(10-8-15)34(28,31)32)19(14-26)24(27)29(20)16-5-4-6-17(11-16)33-3/h4-11,22H,12-13,27H2,1-3H3,(H2,28,31,32)/t22-/m1/s1. The first-order chi connectivity index (χ1) is 16.0. The van der Waals surface area contributed by atoms with Crippen LogP contribution in [0.2, 0.25) is 0 Å². The minimum Gasteiger partial charge on any atom is -0.497 e. The molecule has 2 aromatic carbocycles. The molecule has 176 valence electrons. The number of nitrogens with two attached hydrogens (primary N) is 2. The lowest BCUT2D eigenvalue weighted by molar-refractivity contribution is -0.118. The number of anilines is 1. The number of carbonyl (C=O) groups is 1. The number of carbonyl (C=O) groups excluding carboxylic acids is 1. The van der Waals surface area contributed by atoms with Crippen LogP contribution in [0, 0.1) is 16.7 Å². The summed E-state index contributed by atoms with van der Waals surface area (Å²) >= 11 is 0. The molecule has 1 aliphatic heterocycles. The highest BCUT2D eigenvalue weighted by Gasteiger charge is 2.44. The molecular weight excluding hydrogens is 452 g/mol. The molecule has 0 spiro atoms. The second kappa shape index (κ2) is 8.31. The molecule has 2 aliphatic rings. The van der Waals surface area contributed by atoms with Gasteiger partial charge in [-0.15, -0.1) is 0 Å². The van der Waals surface area contributed by atoms with Gasteiger partial charge in [-0.2, -0.15) is 5.26 Å². The average Bonchev–Trinajstić information content (AvgIpc) is 2.77. The number of ketones is 1. The van der Waals surface area contributed by atoms with E-state index in [0.717, 1.165) is 5.70 Å². The number of benzene rings is 2. The highest BCUT2D eigenvalue weighted by Crippen LogP contribution is 2.50. The minimum atomic E-state index is -3.88. The van der Waals surface area contributed by atoms with Gasteiger partial charge < -0.3 is 10.5 Å². The fraction of sp³-hybridized carbons (Fsp3) is 0.280. The Bertz CT molecular complexity index is 1380. The summed E-state index contributed by atoms with van der Waals surface area (Å²) < 4.78 is 28.8. The zero-order valence-corrected chi connectivity index (χ0v) is 20.0. The zero-order valence-electron chi connectivity index (χ0n) is 19.2. The predicted octanol–water partition coefficient (Wildman–Crippen LogP) is 3.28. The van der Waals surface area contributed by atoms with Crippen molar-refractivity contribution in [3.63, 3.8) is 0 Å². The molecule has 1 atom stereocenters. The highest BCUT2D eigenvalue weighted by atomic mass is 32.2. The molecule has 4 N–H and O–H groups in total. The van der Waals surface area contributed by atoms with Gasteiger partial charge in [0, 0.05) is 23.8 Å². The summed E-state index contributed by atoms with van der Waals surface area (Å²) in [6, 6.07) is 15.4. The van der Waals surface area contributed by atoms with Crippen LogP contribution in [-0.2, 0) is 14.8 Å². The molecule has 4 rings (SSSR count). The molecule has 0 radical (unpaired) electrons. The lowest BCUT2D eigenvalue weighted by Gasteiger charge is -2.43. The van der Waals surface area contributed by atoms with Crippen LogP contribution in [0.1, 0.15) is 38.2 Å². The first kappa shape index (κ1) is 23.5. The van der Waals surface area contributed by atoms with Gasteiger partial charge in [0.25, 0.3) is 0 Å². The van der Waals surface area contributed by atoms with Crippen molar-refractivity contribution in [1.82, 2.24) is 0 Å². The maximum atomic E-state index is 13.5. The van der Waals surface area contributed by atoms with E-state index in [9.17, 15) is 18.5 Å². The monoisotopic (exact) mass is 478 g/mol. The first-order valence-electron chi connectivity index (χ1n) is 10.7. The summed E-state index contributed by atoms with van der Waals surface area (Å²) in [5.41, 5.74) is 9.03. The molecule has 1 heterocycles. The smallest absolute Gasteiger partial charge is 0.238 e. The number of sulfonamides is 1. The van der Waals surface area contributed by atoms with E-state index in [1.165, 1.54) is 12.1 Å². The average molecular weight is 479 g/mol. The van der Waals surface area contributed by atoms with E-state index >= 15 is 0 Å². The van der Waals surface area contributed by atoms with Crippen molar-refractivity contribution >= 4 is 21.5 Å². The molecule has 0 unspecified atom stereocenters. The molecule has 0 saturated heterocycles. The van der Waals surface area contributed by atoms with E-state index in [4.69, 9.17) is 15.6 Å². The Hall–Kier alpha value is -3.61. The van der Waals surface area contributed by atoms with Gasteiger partial charge >= 0.3 is 0 Å². The molecule has 1 aliphatic carbocycles. The lowest BCUT2D eigenvalue weighted by atomic mass is 9.68. The number of allylic oxidation sites excluding steroid dienone is 3. The van der Waals surface area contributed by atoms with Crippen LogP contribution >= 0.6 is 0 Å². The third-order valence-electron chi connectivity index (χ3n) is 6.23. The van der Waals surface area contributed by atoms with Crippen molar-refractivity contribution in [1.29, 1.82) is 5.26 Å². The highest BCUT2D eigenvalue weighted by molar-refractivity contribution is 7.89. The Balaban J connectivity index is 1.97. The van der Waals surface area contributed by atoms with E-state index in [-0.39, 0.29) is 27.5 Å². The third kappa shape index (κ3) is 4.06. The summed E-state index contributed by atoms with van der Waals surface area (Å²) in [4.78, 5) is 15.2. The minimum absolute atomic E-state index is 0.0502. The van der Waals surface area contributed by atoms with Gasteiger partial charge in [0.15, 0.2) is 5.78 Å². The van der Waals surface area contributed by atoms with Crippen LogP contribution < -0.4 is 20.5 Å². The summed E-state index contributed by atoms with van der Waals surface area (Å²) in [5.74, 6) is 0.0634. The van der Waals surface area contributed by atoms with E-state index in [2.05, 4.69) is 6.07 Å². The van der Waals surface area contributed by atoms with Gasteiger partial charge in [0.1, 0.15) is 11.6 Å². The van der Waals surface area contributed by atoms with Crippen molar-refractivity contribution in [2.45, 2.75) is 37.5 Å². The van der Waals surface area contributed by atoms with Crippen LogP contribution in [0.25, 0.3) is 0 Å². The number of nitriles is 1. The third-order valence-corrected chi connectivity index (χ3v) is 7.16. The van der Waals surface area contributed by atoms with Crippen LogP contribution in [0.3, 0.4) is 0 Å². The van der Waals surface area contributed by atoms with E-state index in [1.54, 1.807) is 36.3 Å². The van der Waals surface area contributed by atoms with Crippen LogP contribution in [0.15, 0.2) is 76.1 Å². The fourth-order valence-electron chi connectivity index (χ4n) is 4.74. The van der Waals surface area contributed by atoms with Crippen LogP contribution in [0.4, 0.5) is 5.69 Å². The van der Waals surface area contributed by atoms with Gasteiger partial charge in [0.2, 0.25) is 10.0 Å². The quantitative estimate of drug-likeness (QED) is 0.687. The number of rotatable bonds is 4. The molecule has 0 amide bonds. The second-order valence-corrected chi connectivity index (χ2v) is 10.9. The number of methoxy groups -OCH3 is 1. The first-order valence-corrected chi connectivity index (χ1v) is 12.2. The molecule has 2 aromatic rings. The van der Waals surface area contributed by atoms with Crippen molar-refractivity contribution in [2.24, 2.45) is 16.3 Å². The van der Waals surface area contributed by atoms with E-state index < -0.39 is 15.9 Å². The summed E-state index contributed by atoms with van der Waals surface area (Å²) in [7, 11) is -2.32. The molecular formula is C25H26N4O4S. The summed E-state index contributed by atoms with van der Waals surface area (Å²) in [6.07, 6.45) is 0.888. The lowest BCUT2D eigenvalue weighted by Crippen LogP contribution is -2.42. The molecule has 0 bridgehead atoms. The summed E-state index contributed by atoms with van der Waals surface area (Å²) in [5, 5.41) is 15.4. The topological polar surface area (TPSA) is 140 Å². The molecule has 0 saturated carbocycles. The number of nitrogens with zero attached hydrogens (tertiary/aromatic N) is 2. The van der Waals surface area contributed by atoms with Gasteiger partial charge in [-0.3, -0.25) is 9.69 Å². The van der Waals surface area contributed by atoms with Crippen molar-refractivity contribution in [3.8, 4) is 11.8 Å². The maximum Gasteiger partial charge on any atom is 0.238 e. The number of ether oxygens (including phenoxy) is 1. The largest absolute Gasteiger partial charge is 0.497 e. The van der Waals surface area contributed by atoms with Crippen molar-refractivity contribution in [2.75, 3.05) is 12.0 Å². The number of hydrogen-bond donors (Lipinski definition) is 2. The molecule has 34 heavy (non-hydrogen) atoms. The van der Waals surface area contributed by atoms with Gasteiger partial charge in [-0.05, 0) is 41.7 Å². The maximum absolute atomic E-state index is 13.5. The zero-order chi connectivity index (χ0) is 24.8. The Morgan fingerprint density at radius 2 is 1.82 bits per heavy atom. The van der Waals surface area contributed by atoms with Crippen molar-refractivity contribution < 1.29 is 17.9 Å². The molecule has 8 nitrogen and oxygen atoms in total. The Morgan fingerprint density at radius 1 is 1.15 bits per heavy atom. The molecule has 0 fully saturated rings. The Kier molecular flexibility index (Phi) is 5.75. The van der Waals surface area contributed by atoms with Gasteiger partial charge in [0.05, 0.1) is 35.3 Å². The van der Waals surface area contributed by atoms with Crippen LogP contribution in [-0.4, -0.2) is 21.3 Å². The Morgan fingerprint density at radius 3 is 2.41 bits per heavy atom. The summed E-state index contributed by atoms with van der Waals surface area (Å²) in [6.45, 7) is 4.04. The normalized spacial score (nSPS) is 20.1. The van der Waals surface area contributed by atoms with E-state index in [0.29, 0.717) is 35.4 Å². The van der Waals surface area contributed by atoms with Gasteiger partial charge in [-0.25, -0.2) is 13.6 Å². The SMILES string of the molecule is COc1cccc(N2C(N)=C(C#N)[C@@H](c3ccc(S(N)(=O)=O)cc3)C3=C2CC(C)(C)CC3=O)c1.